The van der Waals surface area contributed by atoms with Crippen LogP contribution >= 0.6 is 0 Å². The van der Waals surface area contributed by atoms with Crippen molar-refractivity contribution in [1.29, 1.82) is 5.41 Å². The summed E-state index contributed by atoms with van der Waals surface area (Å²) in [5.74, 6) is 0.821. The van der Waals surface area contributed by atoms with Gasteiger partial charge in [0.1, 0.15) is 0 Å². The fourth-order valence-corrected chi connectivity index (χ4v) is 2.51. The van der Waals surface area contributed by atoms with Gasteiger partial charge in [-0.15, -0.1) is 0 Å². The highest BCUT2D eigenvalue weighted by molar-refractivity contribution is 5.80. The zero-order chi connectivity index (χ0) is 11.4. The lowest BCUT2D eigenvalue weighted by Crippen LogP contribution is -2.37. The average Bonchev–Trinajstić information content (AvgIpc) is 2.34. The second kappa shape index (κ2) is 5.15. The van der Waals surface area contributed by atoms with Gasteiger partial charge in [-0.25, -0.2) is 0 Å². The molecular weight excluding hydrogens is 196 g/mol. The number of hydrogen-bond donors (Lipinski definition) is 1. The largest absolute Gasteiger partial charge is 0.354 e. The van der Waals surface area contributed by atoms with Crippen molar-refractivity contribution in [3.63, 3.8) is 0 Å². The van der Waals surface area contributed by atoms with Gasteiger partial charge in [-0.3, -0.25) is 5.41 Å². The fourth-order valence-electron chi connectivity index (χ4n) is 2.51. The predicted octanol–water partition coefficient (Wildman–Crippen LogP) is 3.60. The number of piperidine rings is 1. The van der Waals surface area contributed by atoms with Crippen LogP contribution in [0.1, 0.15) is 44.2 Å². The number of rotatable bonds is 3. The maximum absolute atomic E-state index is 8.05. The molecule has 1 atom stereocenters. The number of benzene rings is 1. The van der Waals surface area contributed by atoms with E-state index in [1.165, 1.54) is 18.4 Å². The smallest absolute Gasteiger partial charge is 0.0962 e. The van der Waals surface area contributed by atoms with Gasteiger partial charge in [0.25, 0.3) is 0 Å². The average molecular weight is 216 g/mol. The number of amidine groups is 1. The van der Waals surface area contributed by atoms with Crippen LogP contribution in [0, 0.1) is 5.41 Å². The van der Waals surface area contributed by atoms with Gasteiger partial charge in [0, 0.05) is 13.0 Å². The van der Waals surface area contributed by atoms with Gasteiger partial charge in [0.05, 0.1) is 11.9 Å². The molecule has 0 aromatic heterocycles. The predicted molar refractivity (Wildman–Crippen MR) is 67.8 cm³/mol. The van der Waals surface area contributed by atoms with Gasteiger partial charge < -0.3 is 4.90 Å². The van der Waals surface area contributed by atoms with Crippen molar-refractivity contribution < 1.29 is 0 Å². The molecule has 1 aliphatic heterocycles. The van der Waals surface area contributed by atoms with Crippen molar-refractivity contribution >= 4 is 5.84 Å². The summed E-state index contributed by atoms with van der Waals surface area (Å²) in [7, 11) is 0. The molecule has 0 amide bonds. The van der Waals surface area contributed by atoms with E-state index in [9.17, 15) is 0 Å². The first-order valence-corrected chi connectivity index (χ1v) is 6.22. The molecule has 0 radical (unpaired) electrons. The van der Waals surface area contributed by atoms with Crippen LogP contribution in [0.15, 0.2) is 30.3 Å². The normalized spacial score (nSPS) is 18.6. The third-order valence-electron chi connectivity index (χ3n) is 3.36. The first-order valence-electron chi connectivity index (χ1n) is 6.22. The minimum Gasteiger partial charge on any atom is -0.354 e. The van der Waals surface area contributed by atoms with Crippen LogP contribution in [0.2, 0.25) is 0 Å². The lowest BCUT2D eigenvalue weighted by molar-refractivity contribution is 0.276. The van der Waals surface area contributed by atoms with Crippen molar-refractivity contribution in [2.24, 2.45) is 0 Å². The van der Waals surface area contributed by atoms with Gasteiger partial charge in [0.2, 0.25) is 0 Å². The minimum absolute atomic E-state index is 0.397. The summed E-state index contributed by atoms with van der Waals surface area (Å²) in [6.07, 6.45) is 4.43. The number of likely N-dealkylation sites (tertiary alicyclic amines) is 1. The molecule has 2 nitrogen and oxygen atoms in total. The first kappa shape index (κ1) is 11.2. The number of hydrogen-bond acceptors (Lipinski definition) is 1. The third kappa shape index (κ3) is 2.26. The zero-order valence-corrected chi connectivity index (χ0v) is 9.95. The standard InChI is InChI=1S/C14H20N2/c1-2-13(12-8-4-3-5-9-12)16-11-7-6-10-14(16)15/h3-5,8-9,13,15H,2,6-7,10-11H2,1H3. The summed E-state index contributed by atoms with van der Waals surface area (Å²) in [4.78, 5) is 2.28. The molecule has 1 heterocycles. The Labute approximate surface area is 97.8 Å². The lowest BCUT2D eigenvalue weighted by Gasteiger charge is -2.36. The second-order valence-electron chi connectivity index (χ2n) is 4.43. The molecular formula is C14H20N2. The van der Waals surface area contributed by atoms with Gasteiger partial charge in [-0.2, -0.15) is 0 Å². The monoisotopic (exact) mass is 216 g/mol. The van der Waals surface area contributed by atoms with E-state index in [1.807, 2.05) is 0 Å². The van der Waals surface area contributed by atoms with Crippen molar-refractivity contribution in [2.75, 3.05) is 6.54 Å². The van der Waals surface area contributed by atoms with Gasteiger partial charge in [-0.1, -0.05) is 37.3 Å². The van der Waals surface area contributed by atoms with Crippen LogP contribution in [0.25, 0.3) is 0 Å². The molecule has 16 heavy (non-hydrogen) atoms. The summed E-state index contributed by atoms with van der Waals surface area (Å²) in [5.41, 5.74) is 1.34. The van der Waals surface area contributed by atoms with Crippen molar-refractivity contribution in [1.82, 2.24) is 4.90 Å². The highest BCUT2D eigenvalue weighted by atomic mass is 15.2. The van der Waals surface area contributed by atoms with Crippen LogP contribution < -0.4 is 0 Å². The number of nitrogens with one attached hydrogen (secondary N) is 1. The summed E-state index contributed by atoms with van der Waals surface area (Å²) in [5, 5.41) is 8.05. The minimum atomic E-state index is 0.397. The van der Waals surface area contributed by atoms with Crippen LogP contribution in [0.3, 0.4) is 0 Å². The van der Waals surface area contributed by atoms with Crippen molar-refractivity contribution in [3.05, 3.63) is 35.9 Å². The van der Waals surface area contributed by atoms with Crippen molar-refractivity contribution in [3.8, 4) is 0 Å². The molecule has 86 valence electrons. The van der Waals surface area contributed by atoms with Crippen LogP contribution in [0.4, 0.5) is 0 Å². The Morgan fingerprint density at radius 1 is 1.25 bits per heavy atom. The molecule has 0 aliphatic carbocycles. The van der Waals surface area contributed by atoms with E-state index >= 15 is 0 Å². The van der Waals surface area contributed by atoms with Gasteiger partial charge >= 0.3 is 0 Å². The highest BCUT2D eigenvalue weighted by Gasteiger charge is 2.23. The second-order valence-corrected chi connectivity index (χ2v) is 4.43. The molecule has 1 aromatic carbocycles. The Morgan fingerprint density at radius 2 is 2.00 bits per heavy atom. The highest BCUT2D eigenvalue weighted by Crippen LogP contribution is 2.27. The molecule has 1 fully saturated rings. The van der Waals surface area contributed by atoms with Crippen LogP contribution in [-0.4, -0.2) is 17.3 Å². The van der Waals surface area contributed by atoms with E-state index in [1.54, 1.807) is 0 Å². The third-order valence-corrected chi connectivity index (χ3v) is 3.36. The summed E-state index contributed by atoms with van der Waals surface area (Å²) >= 11 is 0. The summed E-state index contributed by atoms with van der Waals surface area (Å²) < 4.78 is 0. The Morgan fingerprint density at radius 3 is 2.62 bits per heavy atom. The molecule has 2 heteroatoms. The summed E-state index contributed by atoms with van der Waals surface area (Å²) in [6, 6.07) is 11.0. The first-order chi connectivity index (χ1) is 7.83. The van der Waals surface area contributed by atoms with E-state index in [0.29, 0.717) is 6.04 Å². The Hall–Kier alpha value is -1.31. The topological polar surface area (TPSA) is 27.1 Å². The molecule has 1 saturated heterocycles. The maximum Gasteiger partial charge on any atom is 0.0962 e. The zero-order valence-electron chi connectivity index (χ0n) is 9.95. The van der Waals surface area contributed by atoms with Crippen LogP contribution in [-0.2, 0) is 0 Å². The molecule has 0 bridgehead atoms. The quantitative estimate of drug-likeness (QED) is 0.821. The molecule has 1 aliphatic rings. The molecule has 1 aromatic rings. The number of nitrogens with zero attached hydrogens (tertiary/aromatic N) is 1. The van der Waals surface area contributed by atoms with E-state index < -0.39 is 0 Å². The molecule has 0 saturated carbocycles. The van der Waals surface area contributed by atoms with Gasteiger partial charge in [-0.05, 0) is 24.8 Å². The molecule has 0 spiro atoms. The fraction of sp³-hybridized carbons (Fsp3) is 0.500. The Balaban J connectivity index is 2.18. The van der Waals surface area contributed by atoms with Crippen LogP contribution in [0.5, 0.6) is 0 Å². The Kier molecular flexibility index (Phi) is 3.60. The molecule has 1 unspecified atom stereocenters. The van der Waals surface area contributed by atoms with E-state index in [2.05, 4.69) is 42.2 Å². The maximum atomic E-state index is 8.05. The molecule has 1 N–H and O–H groups in total. The molecule has 2 rings (SSSR count). The Bertz CT molecular complexity index is 345. The van der Waals surface area contributed by atoms with E-state index in [0.717, 1.165) is 25.2 Å². The summed E-state index contributed by atoms with van der Waals surface area (Å²) in [6.45, 7) is 3.26. The van der Waals surface area contributed by atoms with E-state index in [4.69, 9.17) is 5.41 Å². The SMILES string of the molecule is CCC(c1ccccc1)N1CCCCC1=N. The van der Waals surface area contributed by atoms with Crippen molar-refractivity contribution in [2.45, 2.75) is 38.6 Å². The van der Waals surface area contributed by atoms with Gasteiger partial charge in [0.15, 0.2) is 0 Å². The lowest BCUT2D eigenvalue weighted by atomic mass is 9.99. The van der Waals surface area contributed by atoms with E-state index in [-0.39, 0.29) is 0 Å².